The molecule has 0 amide bonds. The quantitative estimate of drug-likeness (QED) is 0.641. The van der Waals surface area contributed by atoms with Gasteiger partial charge in [-0.1, -0.05) is 48.6 Å². The van der Waals surface area contributed by atoms with E-state index in [4.69, 9.17) is 14.2 Å². The molecule has 6 atom stereocenters. The minimum absolute atomic E-state index is 0.139. The monoisotopic (exact) mass is 454 g/mol. The third kappa shape index (κ3) is 2.22. The lowest BCUT2D eigenvalue weighted by atomic mass is 9.38. The Hall–Kier alpha value is -2.81. The number of likely N-dealkylation sites (N-methyl/N-ethyl adjacent to an activating group) is 1. The van der Waals surface area contributed by atoms with Crippen molar-refractivity contribution in [1.82, 2.24) is 4.90 Å². The number of nitrogens with zero attached hydrogens (tertiary/aromatic N) is 2. The lowest BCUT2D eigenvalue weighted by Gasteiger charge is -2.66. The number of benzene rings is 2. The van der Waals surface area contributed by atoms with Gasteiger partial charge in [0.15, 0.2) is 11.5 Å². The summed E-state index contributed by atoms with van der Waals surface area (Å²) in [5.41, 5.74) is 2.75. The van der Waals surface area contributed by atoms with Crippen molar-refractivity contribution in [2.75, 3.05) is 20.7 Å². The molecule has 2 aromatic carbocycles. The van der Waals surface area contributed by atoms with E-state index >= 15 is 0 Å². The van der Waals surface area contributed by atoms with Crippen molar-refractivity contribution in [2.45, 2.75) is 55.5 Å². The second kappa shape index (κ2) is 6.87. The molecule has 6 aliphatic rings. The van der Waals surface area contributed by atoms with Gasteiger partial charge in [0.25, 0.3) is 0 Å². The summed E-state index contributed by atoms with van der Waals surface area (Å²) in [6.07, 6.45) is 8.31. The predicted octanol–water partition coefficient (Wildman–Crippen LogP) is 4.40. The first-order chi connectivity index (χ1) is 16.6. The van der Waals surface area contributed by atoms with E-state index in [1.807, 2.05) is 18.2 Å². The van der Waals surface area contributed by atoms with Gasteiger partial charge in [-0.25, -0.2) is 0 Å². The van der Waals surface area contributed by atoms with E-state index in [1.54, 1.807) is 7.11 Å². The van der Waals surface area contributed by atoms with Crippen LogP contribution in [0.5, 0.6) is 11.5 Å². The summed E-state index contributed by atoms with van der Waals surface area (Å²) in [4.78, 5) is 2.54. The average Bonchev–Trinajstić information content (AvgIpc) is 3.22. The molecule has 0 radical (unpaired) electrons. The van der Waals surface area contributed by atoms with Crippen molar-refractivity contribution in [3.05, 3.63) is 71.3 Å². The Morgan fingerprint density at radius 1 is 1.18 bits per heavy atom. The fourth-order valence-corrected chi connectivity index (χ4v) is 8.29. The van der Waals surface area contributed by atoms with Crippen LogP contribution in [0.4, 0.5) is 0 Å². The zero-order valence-corrected chi connectivity index (χ0v) is 19.8. The van der Waals surface area contributed by atoms with Gasteiger partial charge in [-0.15, -0.1) is 0 Å². The van der Waals surface area contributed by atoms with Crippen LogP contribution in [-0.2, 0) is 23.2 Å². The van der Waals surface area contributed by atoms with Crippen molar-refractivity contribution in [3.8, 4) is 17.6 Å². The van der Waals surface area contributed by atoms with Crippen LogP contribution in [0.1, 0.15) is 36.0 Å². The van der Waals surface area contributed by atoms with Gasteiger partial charge in [0.2, 0.25) is 0 Å². The standard InChI is InChI=1S/C29H30N2O3/c1-31-14-6-11-28-24-20-9-10-22(33-18-19-7-4-3-5-8-19)25(24)34-26(28)29(32-2)13-12-27(28,23(31)15-20)16-21(29)17-30/h3-5,7-10,12-13,21,23,26H,6,11,14-16,18H2,1-2H3. The molecule has 2 aliphatic heterocycles. The van der Waals surface area contributed by atoms with Crippen LogP contribution in [0.3, 0.4) is 0 Å². The van der Waals surface area contributed by atoms with Gasteiger partial charge in [-0.05, 0) is 56.5 Å². The topological polar surface area (TPSA) is 54.7 Å². The fourth-order valence-electron chi connectivity index (χ4n) is 8.29. The SMILES string of the molecule is COC12C=CC3(CC1C#N)C1Cc4ccc(OCc5ccccc5)c5c4C3(CCCN1C)C2O5. The molecule has 8 rings (SSSR count). The first-order valence-corrected chi connectivity index (χ1v) is 12.4. The van der Waals surface area contributed by atoms with E-state index in [9.17, 15) is 5.26 Å². The van der Waals surface area contributed by atoms with Crippen molar-refractivity contribution in [3.63, 3.8) is 0 Å². The number of hydrogen-bond donors (Lipinski definition) is 0. The number of fused-ring (bicyclic) bond motifs is 1. The second-order valence-electron chi connectivity index (χ2n) is 10.8. The molecule has 1 saturated heterocycles. The van der Waals surface area contributed by atoms with E-state index in [0.29, 0.717) is 12.6 Å². The fraction of sp³-hybridized carbons (Fsp3) is 0.483. The van der Waals surface area contributed by atoms with E-state index in [-0.39, 0.29) is 22.9 Å². The first kappa shape index (κ1) is 20.6. The average molecular weight is 455 g/mol. The van der Waals surface area contributed by atoms with Crippen molar-refractivity contribution in [1.29, 1.82) is 5.26 Å². The molecule has 2 aromatic rings. The summed E-state index contributed by atoms with van der Waals surface area (Å²) >= 11 is 0. The van der Waals surface area contributed by atoms with Gasteiger partial charge in [-0.3, -0.25) is 0 Å². The highest BCUT2D eigenvalue weighted by molar-refractivity contribution is 5.65. The van der Waals surface area contributed by atoms with Crippen LogP contribution in [0, 0.1) is 22.7 Å². The summed E-state index contributed by atoms with van der Waals surface area (Å²) in [7, 11) is 4.00. The molecule has 0 aromatic heterocycles. The van der Waals surface area contributed by atoms with Crippen LogP contribution < -0.4 is 9.47 Å². The number of rotatable bonds is 4. The van der Waals surface area contributed by atoms with Crippen LogP contribution in [0.25, 0.3) is 0 Å². The van der Waals surface area contributed by atoms with Crippen molar-refractivity contribution >= 4 is 0 Å². The van der Waals surface area contributed by atoms with Crippen LogP contribution in [0.15, 0.2) is 54.6 Å². The normalized spacial score (nSPS) is 38.6. The van der Waals surface area contributed by atoms with Gasteiger partial charge in [0.05, 0.1) is 17.4 Å². The minimum Gasteiger partial charge on any atom is -0.485 e. The number of ether oxygens (including phenoxy) is 3. The van der Waals surface area contributed by atoms with Gasteiger partial charge in [0, 0.05) is 24.1 Å². The Morgan fingerprint density at radius 3 is 2.82 bits per heavy atom. The summed E-state index contributed by atoms with van der Waals surface area (Å²) in [6.45, 7) is 1.56. The molecule has 2 fully saturated rings. The number of hydrogen-bond acceptors (Lipinski definition) is 5. The van der Waals surface area contributed by atoms with Crippen molar-refractivity contribution in [2.24, 2.45) is 11.3 Å². The van der Waals surface area contributed by atoms with Gasteiger partial charge >= 0.3 is 0 Å². The van der Waals surface area contributed by atoms with E-state index < -0.39 is 5.60 Å². The van der Waals surface area contributed by atoms with Gasteiger partial charge in [-0.2, -0.15) is 5.26 Å². The smallest absolute Gasteiger partial charge is 0.166 e. The maximum atomic E-state index is 10.3. The molecule has 6 unspecified atom stereocenters. The molecule has 1 saturated carbocycles. The van der Waals surface area contributed by atoms with E-state index in [0.717, 1.165) is 49.3 Å². The lowest BCUT2D eigenvalue weighted by molar-refractivity contribution is -0.183. The number of nitriles is 1. The van der Waals surface area contributed by atoms with Gasteiger partial charge < -0.3 is 19.1 Å². The molecule has 5 heteroatoms. The summed E-state index contributed by atoms with van der Waals surface area (Å²) in [5, 5.41) is 10.3. The highest BCUT2D eigenvalue weighted by Crippen LogP contribution is 2.74. The molecular formula is C29H30N2O3. The van der Waals surface area contributed by atoms with Crippen LogP contribution in [0.2, 0.25) is 0 Å². The van der Waals surface area contributed by atoms with Crippen LogP contribution >= 0.6 is 0 Å². The second-order valence-corrected chi connectivity index (χ2v) is 10.8. The molecule has 34 heavy (non-hydrogen) atoms. The van der Waals surface area contributed by atoms with E-state index in [2.05, 4.69) is 54.4 Å². The highest BCUT2D eigenvalue weighted by atomic mass is 16.6. The molecule has 4 aliphatic carbocycles. The maximum Gasteiger partial charge on any atom is 0.166 e. The Balaban J connectivity index is 1.44. The Kier molecular flexibility index (Phi) is 4.15. The summed E-state index contributed by atoms with van der Waals surface area (Å²) in [6, 6.07) is 17.6. The molecule has 2 heterocycles. The van der Waals surface area contributed by atoms with Crippen LogP contribution in [-0.4, -0.2) is 43.3 Å². The molecule has 0 N–H and O–H groups in total. The maximum absolute atomic E-state index is 10.3. The van der Waals surface area contributed by atoms with E-state index in [1.165, 1.54) is 11.1 Å². The molecule has 4 bridgehead atoms. The largest absolute Gasteiger partial charge is 0.485 e. The lowest BCUT2D eigenvalue weighted by Crippen LogP contribution is -2.75. The third-order valence-corrected chi connectivity index (χ3v) is 9.67. The molecule has 5 nitrogen and oxygen atoms in total. The Bertz CT molecular complexity index is 1240. The zero-order chi connectivity index (χ0) is 23.1. The molecular weight excluding hydrogens is 424 g/mol. The number of methoxy groups -OCH3 is 1. The Labute approximate surface area is 200 Å². The first-order valence-electron chi connectivity index (χ1n) is 12.4. The third-order valence-electron chi connectivity index (χ3n) is 9.67. The number of likely N-dealkylation sites (tertiary alicyclic amines) is 1. The molecule has 2 spiro atoms. The minimum atomic E-state index is -0.742. The van der Waals surface area contributed by atoms with Gasteiger partial charge in [0.1, 0.15) is 18.3 Å². The molecule has 174 valence electrons. The predicted molar refractivity (Wildman–Crippen MR) is 128 cm³/mol. The highest BCUT2D eigenvalue weighted by Gasteiger charge is 2.78. The Morgan fingerprint density at radius 2 is 2.03 bits per heavy atom. The summed E-state index contributed by atoms with van der Waals surface area (Å²) < 4.78 is 19.6. The van der Waals surface area contributed by atoms with Crippen molar-refractivity contribution < 1.29 is 14.2 Å². The zero-order valence-electron chi connectivity index (χ0n) is 19.8. The summed E-state index contributed by atoms with van der Waals surface area (Å²) in [5.74, 6) is 1.45.